The number of nitrogens with one attached hydrogen (secondary N) is 2. The molecule has 5 nitrogen and oxygen atoms in total. The number of ether oxygens (including phenoxy) is 1. The molecule has 1 aromatic carbocycles. The number of hydrogen-bond acceptors (Lipinski definition) is 5. The molecule has 21 heavy (non-hydrogen) atoms. The SMILES string of the molecule is COc1c(Cl)cc(Cl)cc1C(=O)NC(=S)NC1=NCCS1. The number of thiocarbonyl (C=S) groups is 1. The Morgan fingerprint density at radius 1 is 1.48 bits per heavy atom. The lowest BCUT2D eigenvalue weighted by Crippen LogP contribution is -2.41. The molecule has 0 spiro atoms. The minimum absolute atomic E-state index is 0.159. The number of rotatable bonds is 2. The number of halogens is 2. The summed E-state index contributed by atoms with van der Waals surface area (Å²) in [5.41, 5.74) is 0.208. The number of thioether (sulfide) groups is 1. The molecule has 1 heterocycles. The number of carbonyl (C=O) groups excluding carboxylic acids is 1. The lowest BCUT2D eigenvalue weighted by Gasteiger charge is -2.12. The van der Waals surface area contributed by atoms with E-state index in [9.17, 15) is 4.79 Å². The van der Waals surface area contributed by atoms with Crippen molar-refractivity contribution < 1.29 is 9.53 Å². The van der Waals surface area contributed by atoms with Gasteiger partial charge in [0.25, 0.3) is 5.91 Å². The van der Waals surface area contributed by atoms with Crippen LogP contribution in [0.2, 0.25) is 10.0 Å². The number of hydrogen-bond donors (Lipinski definition) is 2. The summed E-state index contributed by atoms with van der Waals surface area (Å²) in [6.07, 6.45) is 0. The zero-order valence-electron chi connectivity index (χ0n) is 10.9. The molecule has 2 N–H and O–H groups in total. The molecule has 0 atom stereocenters. The van der Waals surface area contributed by atoms with Crippen molar-refractivity contribution in [3.05, 3.63) is 27.7 Å². The Bertz CT molecular complexity index is 623. The van der Waals surface area contributed by atoms with Crippen LogP contribution in [0.1, 0.15) is 10.4 Å². The third-order valence-electron chi connectivity index (χ3n) is 2.49. The lowest BCUT2D eigenvalue weighted by atomic mass is 10.2. The van der Waals surface area contributed by atoms with Gasteiger partial charge < -0.3 is 10.1 Å². The summed E-state index contributed by atoms with van der Waals surface area (Å²) in [6.45, 7) is 0.737. The molecular weight excluding hydrogens is 353 g/mol. The minimum Gasteiger partial charge on any atom is -0.494 e. The summed E-state index contributed by atoms with van der Waals surface area (Å²) < 4.78 is 5.12. The van der Waals surface area contributed by atoms with E-state index in [4.69, 9.17) is 40.2 Å². The Balaban J connectivity index is 2.11. The third kappa shape index (κ3) is 4.23. The van der Waals surface area contributed by atoms with Crippen molar-refractivity contribution in [3.63, 3.8) is 0 Å². The van der Waals surface area contributed by atoms with Crippen LogP contribution in [0.3, 0.4) is 0 Å². The number of carbonyl (C=O) groups is 1. The van der Waals surface area contributed by atoms with Crippen LogP contribution in [-0.4, -0.2) is 35.6 Å². The summed E-state index contributed by atoms with van der Waals surface area (Å²) in [5, 5.41) is 6.83. The van der Waals surface area contributed by atoms with E-state index in [1.54, 1.807) is 0 Å². The first-order valence-electron chi connectivity index (χ1n) is 5.84. The van der Waals surface area contributed by atoms with E-state index in [0.717, 1.165) is 12.3 Å². The predicted molar refractivity (Wildman–Crippen MR) is 91.0 cm³/mol. The minimum atomic E-state index is -0.461. The van der Waals surface area contributed by atoms with Gasteiger partial charge in [0.15, 0.2) is 10.3 Å². The molecule has 0 unspecified atom stereocenters. The van der Waals surface area contributed by atoms with Crippen LogP contribution in [0.4, 0.5) is 0 Å². The summed E-state index contributed by atoms with van der Waals surface area (Å²) in [4.78, 5) is 16.4. The fraction of sp³-hybridized carbons (Fsp3) is 0.250. The Morgan fingerprint density at radius 2 is 2.24 bits per heavy atom. The highest BCUT2D eigenvalue weighted by Crippen LogP contribution is 2.32. The van der Waals surface area contributed by atoms with Crippen molar-refractivity contribution in [2.75, 3.05) is 19.4 Å². The van der Waals surface area contributed by atoms with E-state index in [-0.39, 0.29) is 21.4 Å². The molecule has 0 aliphatic carbocycles. The molecule has 112 valence electrons. The van der Waals surface area contributed by atoms with Crippen LogP contribution < -0.4 is 15.4 Å². The van der Waals surface area contributed by atoms with Gasteiger partial charge in [0.05, 0.1) is 24.2 Å². The molecule has 0 fully saturated rings. The highest BCUT2D eigenvalue weighted by molar-refractivity contribution is 8.14. The van der Waals surface area contributed by atoms with E-state index in [2.05, 4.69) is 15.6 Å². The largest absolute Gasteiger partial charge is 0.494 e. The maximum atomic E-state index is 12.2. The van der Waals surface area contributed by atoms with E-state index in [0.29, 0.717) is 10.2 Å². The molecule has 0 saturated heterocycles. The van der Waals surface area contributed by atoms with E-state index in [1.807, 2.05) is 0 Å². The Labute approximate surface area is 141 Å². The molecule has 1 aromatic rings. The van der Waals surface area contributed by atoms with E-state index in [1.165, 1.54) is 31.0 Å². The Hall–Kier alpha value is -1.02. The van der Waals surface area contributed by atoms with Gasteiger partial charge in [-0.2, -0.15) is 0 Å². The number of amidine groups is 1. The van der Waals surface area contributed by atoms with E-state index >= 15 is 0 Å². The van der Waals surface area contributed by atoms with Crippen LogP contribution in [0.15, 0.2) is 17.1 Å². The first-order chi connectivity index (χ1) is 10.0. The first kappa shape index (κ1) is 16.4. The van der Waals surface area contributed by atoms with Gasteiger partial charge in [-0.05, 0) is 24.4 Å². The van der Waals surface area contributed by atoms with Crippen molar-refractivity contribution >= 4 is 63.4 Å². The topological polar surface area (TPSA) is 62.7 Å². The molecule has 1 aliphatic rings. The molecule has 1 aliphatic heterocycles. The van der Waals surface area contributed by atoms with Crippen LogP contribution in [-0.2, 0) is 0 Å². The van der Waals surface area contributed by atoms with E-state index < -0.39 is 5.91 Å². The number of aliphatic imine (C=N–C) groups is 1. The highest BCUT2D eigenvalue weighted by atomic mass is 35.5. The van der Waals surface area contributed by atoms with Crippen molar-refractivity contribution in [1.82, 2.24) is 10.6 Å². The van der Waals surface area contributed by atoms with Crippen LogP contribution in [0.25, 0.3) is 0 Å². The normalized spacial score (nSPS) is 13.6. The van der Waals surface area contributed by atoms with Crippen molar-refractivity contribution in [3.8, 4) is 5.75 Å². The van der Waals surface area contributed by atoms with Gasteiger partial charge in [0.1, 0.15) is 5.75 Å². The summed E-state index contributed by atoms with van der Waals surface area (Å²) in [7, 11) is 1.42. The summed E-state index contributed by atoms with van der Waals surface area (Å²) in [5.74, 6) is 0.683. The maximum Gasteiger partial charge on any atom is 0.261 e. The van der Waals surface area contributed by atoms with Gasteiger partial charge in [0, 0.05) is 10.8 Å². The van der Waals surface area contributed by atoms with Crippen LogP contribution >= 0.6 is 47.2 Å². The summed E-state index contributed by atoms with van der Waals surface area (Å²) in [6, 6.07) is 2.96. The monoisotopic (exact) mass is 363 g/mol. The third-order valence-corrected chi connectivity index (χ3v) is 4.08. The van der Waals surface area contributed by atoms with Gasteiger partial charge in [-0.15, -0.1) is 0 Å². The molecular formula is C12H11Cl2N3O2S2. The number of nitrogens with zero attached hydrogens (tertiary/aromatic N) is 1. The Morgan fingerprint density at radius 3 is 2.86 bits per heavy atom. The average molecular weight is 364 g/mol. The summed E-state index contributed by atoms with van der Waals surface area (Å²) >= 11 is 18.5. The zero-order chi connectivity index (χ0) is 15.4. The second kappa shape index (κ2) is 7.31. The second-order valence-corrected chi connectivity index (χ2v) is 6.25. The molecule has 9 heteroatoms. The smallest absolute Gasteiger partial charge is 0.261 e. The fourth-order valence-electron chi connectivity index (χ4n) is 1.65. The lowest BCUT2D eigenvalue weighted by molar-refractivity contribution is 0.0974. The van der Waals surface area contributed by atoms with Gasteiger partial charge in [0.2, 0.25) is 0 Å². The quantitative estimate of drug-likeness (QED) is 0.791. The second-order valence-electron chi connectivity index (χ2n) is 3.91. The van der Waals surface area contributed by atoms with Crippen molar-refractivity contribution in [2.24, 2.45) is 4.99 Å². The van der Waals surface area contributed by atoms with Crippen molar-refractivity contribution in [2.45, 2.75) is 0 Å². The number of amides is 1. The van der Waals surface area contributed by atoms with Gasteiger partial charge in [-0.3, -0.25) is 15.1 Å². The molecule has 2 rings (SSSR count). The highest BCUT2D eigenvalue weighted by Gasteiger charge is 2.18. The van der Waals surface area contributed by atoms with Gasteiger partial charge in [-0.1, -0.05) is 35.0 Å². The molecule has 0 radical (unpaired) electrons. The maximum absolute atomic E-state index is 12.2. The van der Waals surface area contributed by atoms with Crippen molar-refractivity contribution in [1.29, 1.82) is 0 Å². The molecule has 0 aromatic heterocycles. The van der Waals surface area contributed by atoms with Gasteiger partial charge >= 0.3 is 0 Å². The zero-order valence-corrected chi connectivity index (χ0v) is 14.0. The fourth-order valence-corrected chi connectivity index (χ4v) is 3.20. The average Bonchev–Trinajstić information content (AvgIpc) is 2.90. The molecule has 1 amide bonds. The first-order valence-corrected chi connectivity index (χ1v) is 7.99. The van der Waals surface area contributed by atoms with Crippen LogP contribution in [0.5, 0.6) is 5.75 Å². The van der Waals surface area contributed by atoms with Crippen LogP contribution in [0, 0.1) is 0 Å². The Kier molecular flexibility index (Phi) is 5.69. The van der Waals surface area contributed by atoms with Gasteiger partial charge in [-0.25, -0.2) is 0 Å². The number of methoxy groups -OCH3 is 1. The molecule has 0 saturated carbocycles. The number of benzene rings is 1. The molecule has 0 bridgehead atoms. The predicted octanol–water partition coefficient (Wildman–Crippen LogP) is 2.71. The standard InChI is InChI=1S/C12H11Cl2N3O2S2/c1-19-9-7(4-6(13)5-8(9)14)10(18)16-11(20)17-12-15-2-3-21-12/h4-5H,2-3H2,1H3,(H2,15,16,17,18,20).